The van der Waals surface area contributed by atoms with Gasteiger partial charge in [-0.15, -0.1) is 0 Å². The predicted molar refractivity (Wildman–Crippen MR) is 75.9 cm³/mol. The van der Waals surface area contributed by atoms with Gasteiger partial charge in [-0.2, -0.15) is 0 Å². The van der Waals surface area contributed by atoms with Crippen LogP contribution in [0.25, 0.3) is 0 Å². The zero-order valence-corrected chi connectivity index (χ0v) is 12.8. The van der Waals surface area contributed by atoms with Crippen LogP contribution in [0, 0.1) is 0 Å². The highest BCUT2D eigenvalue weighted by Crippen LogP contribution is 2.22. The normalized spacial score (nSPS) is 22.9. The number of rotatable bonds is 11. The maximum absolute atomic E-state index is 10.7. The molecule has 5 heteroatoms. The highest BCUT2D eigenvalue weighted by atomic mass is 16.5. The van der Waals surface area contributed by atoms with Crippen molar-refractivity contribution in [3.8, 4) is 0 Å². The molecule has 0 amide bonds. The van der Waals surface area contributed by atoms with E-state index in [4.69, 9.17) is 18.9 Å². The summed E-state index contributed by atoms with van der Waals surface area (Å²) in [6.45, 7) is 4.37. The summed E-state index contributed by atoms with van der Waals surface area (Å²) >= 11 is 0. The Labute approximate surface area is 121 Å². The molecule has 0 aromatic heterocycles. The molecule has 118 valence electrons. The van der Waals surface area contributed by atoms with Crippen LogP contribution in [0.3, 0.4) is 0 Å². The number of hydrogen-bond donors (Lipinski definition) is 0. The van der Waals surface area contributed by atoms with E-state index in [0.717, 1.165) is 25.7 Å². The molecule has 0 heterocycles. The quantitative estimate of drug-likeness (QED) is 0.544. The maximum atomic E-state index is 10.7. The Balaban J connectivity index is 1.82. The average molecular weight is 288 g/mol. The van der Waals surface area contributed by atoms with Gasteiger partial charge < -0.3 is 18.9 Å². The molecule has 1 rings (SSSR count). The van der Waals surface area contributed by atoms with E-state index in [0.29, 0.717) is 51.7 Å². The minimum atomic E-state index is 0.155. The van der Waals surface area contributed by atoms with Gasteiger partial charge in [-0.1, -0.05) is 0 Å². The summed E-state index contributed by atoms with van der Waals surface area (Å²) in [6, 6.07) is 0. The topological polar surface area (TPSA) is 54.0 Å². The summed E-state index contributed by atoms with van der Waals surface area (Å²) in [4.78, 5) is 10.7. The second-order valence-electron chi connectivity index (χ2n) is 5.18. The third-order valence-electron chi connectivity index (χ3n) is 3.51. The van der Waals surface area contributed by atoms with Gasteiger partial charge in [-0.25, -0.2) is 0 Å². The molecule has 1 aliphatic rings. The van der Waals surface area contributed by atoms with Crippen molar-refractivity contribution in [2.45, 2.75) is 51.2 Å². The van der Waals surface area contributed by atoms with Crippen LogP contribution in [0.4, 0.5) is 0 Å². The molecule has 1 fully saturated rings. The Kier molecular flexibility index (Phi) is 9.83. The van der Waals surface area contributed by atoms with Gasteiger partial charge in [0.15, 0.2) is 0 Å². The average Bonchev–Trinajstić information content (AvgIpc) is 2.46. The lowest BCUT2D eigenvalue weighted by Gasteiger charge is -2.27. The van der Waals surface area contributed by atoms with Crippen LogP contribution in [0.2, 0.25) is 0 Å². The van der Waals surface area contributed by atoms with E-state index in [-0.39, 0.29) is 5.78 Å². The monoisotopic (exact) mass is 288 g/mol. The van der Waals surface area contributed by atoms with E-state index in [1.165, 1.54) is 0 Å². The molecule has 1 aliphatic carbocycles. The Morgan fingerprint density at radius 3 is 2.05 bits per heavy atom. The van der Waals surface area contributed by atoms with Crippen LogP contribution >= 0.6 is 0 Å². The van der Waals surface area contributed by atoms with Gasteiger partial charge in [0.25, 0.3) is 0 Å². The van der Waals surface area contributed by atoms with E-state index in [1.54, 1.807) is 14.0 Å². The van der Waals surface area contributed by atoms with Gasteiger partial charge in [0, 0.05) is 13.5 Å². The van der Waals surface area contributed by atoms with E-state index in [1.807, 2.05) is 0 Å². The van der Waals surface area contributed by atoms with E-state index in [2.05, 4.69) is 0 Å². The van der Waals surface area contributed by atoms with Crippen molar-refractivity contribution < 1.29 is 23.7 Å². The molecule has 0 aliphatic heterocycles. The summed E-state index contributed by atoms with van der Waals surface area (Å²) in [6.07, 6.45) is 5.58. The van der Waals surface area contributed by atoms with Gasteiger partial charge in [-0.3, -0.25) is 4.79 Å². The number of methoxy groups -OCH3 is 1. The van der Waals surface area contributed by atoms with Crippen LogP contribution in [-0.2, 0) is 23.7 Å². The molecule has 0 spiro atoms. The number of ketones is 1. The molecule has 0 aromatic rings. The molecular weight excluding hydrogens is 260 g/mol. The molecule has 0 aromatic carbocycles. The van der Waals surface area contributed by atoms with Gasteiger partial charge in [0.1, 0.15) is 5.78 Å². The zero-order valence-electron chi connectivity index (χ0n) is 12.8. The lowest BCUT2D eigenvalue weighted by molar-refractivity contribution is -0.118. The van der Waals surface area contributed by atoms with E-state index < -0.39 is 0 Å². The minimum Gasteiger partial charge on any atom is -0.381 e. The van der Waals surface area contributed by atoms with Crippen LogP contribution in [0.5, 0.6) is 0 Å². The zero-order chi connectivity index (χ0) is 14.6. The highest BCUT2D eigenvalue weighted by molar-refractivity contribution is 5.75. The number of carbonyl (C=O) groups excluding carboxylic acids is 1. The third kappa shape index (κ3) is 8.64. The van der Waals surface area contributed by atoms with Crippen LogP contribution < -0.4 is 0 Å². The largest absolute Gasteiger partial charge is 0.381 e. The summed E-state index contributed by atoms with van der Waals surface area (Å²) in [5.74, 6) is 0.155. The number of hydrogen-bond acceptors (Lipinski definition) is 5. The number of Topliss-reactive ketones (excluding diaryl/α,β-unsaturated/α-hetero) is 1. The predicted octanol–water partition coefficient (Wildman–Crippen LogP) is 1.97. The molecule has 0 unspecified atom stereocenters. The lowest BCUT2D eigenvalue weighted by atomic mass is 9.95. The molecule has 0 bridgehead atoms. The van der Waals surface area contributed by atoms with Crippen molar-refractivity contribution >= 4 is 5.78 Å². The summed E-state index contributed by atoms with van der Waals surface area (Å²) in [5.41, 5.74) is 0. The Morgan fingerprint density at radius 1 is 0.900 bits per heavy atom. The van der Waals surface area contributed by atoms with Gasteiger partial charge in [0.05, 0.1) is 45.2 Å². The van der Waals surface area contributed by atoms with Crippen molar-refractivity contribution in [3.05, 3.63) is 0 Å². The van der Waals surface area contributed by atoms with Crippen LogP contribution in [0.15, 0.2) is 0 Å². The molecule has 5 nitrogen and oxygen atoms in total. The fourth-order valence-electron chi connectivity index (χ4n) is 2.25. The molecule has 0 saturated heterocycles. The highest BCUT2D eigenvalue weighted by Gasteiger charge is 2.20. The van der Waals surface area contributed by atoms with E-state index >= 15 is 0 Å². The molecule has 0 radical (unpaired) electrons. The molecule has 0 N–H and O–H groups in total. The number of carbonyl (C=O) groups is 1. The smallest absolute Gasteiger partial charge is 0.132 e. The Bertz CT molecular complexity index is 249. The van der Waals surface area contributed by atoms with Crippen molar-refractivity contribution in [2.24, 2.45) is 0 Å². The third-order valence-corrected chi connectivity index (χ3v) is 3.51. The standard InChI is InChI=1S/C15H28O5/c1-13(16)7-8-18-9-10-19-11-12-20-15-5-3-14(17-2)4-6-15/h14-15H,3-12H2,1-2H3. The van der Waals surface area contributed by atoms with E-state index in [9.17, 15) is 4.79 Å². The summed E-state index contributed by atoms with van der Waals surface area (Å²) in [7, 11) is 1.78. The first-order valence-corrected chi connectivity index (χ1v) is 7.51. The minimum absolute atomic E-state index is 0.155. The van der Waals surface area contributed by atoms with Crippen molar-refractivity contribution in [1.82, 2.24) is 0 Å². The van der Waals surface area contributed by atoms with Gasteiger partial charge in [-0.05, 0) is 32.6 Å². The SMILES string of the molecule is COC1CCC(OCCOCCOCCC(C)=O)CC1. The van der Waals surface area contributed by atoms with Crippen LogP contribution in [0.1, 0.15) is 39.0 Å². The fraction of sp³-hybridized carbons (Fsp3) is 0.933. The number of ether oxygens (including phenoxy) is 4. The van der Waals surface area contributed by atoms with Crippen molar-refractivity contribution in [1.29, 1.82) is 0 Å². The van der Waals surface area contributed by atoms with Gasteiger partial charge >= 0.3 is 0 Å². The first kappa shape index (κ1) is 17.6. The molecule has 20 heavy (non-hydrogen) atoms. The Morgan fingerprint density at radius 2 is 1.45 bits per heavy atom. The molecular formula is C15H28O5. The first-order valence-electron chi connectivity index (χ1n) is 7.51. The van der Waals surface area contributed by atoms with Gasteiger partial charge in [0.2, 0.25) is 0 Å². The fourth-order valence-corrected chi connectivity index (χ4v) is 2.25. The molecule has 1 saturated carbocycles. The lowest BCUT2D eigenvalue weighted by Crippen LogP contribution is -2.26. The van der Waals surface area contributed by atoms with Crippen molar-refractivity contribution in [2.75, 3.05) is 40.1 Å². The summed E-state index contributed by atoms with van der Waals surface area (Å²) < 4.78 is 21.8. The second kappa shape index (κ2) is 11.2. The summed E-state index contributed by atoms with van der Waals surface area (Å²) in [5, 5.41) is 0. The molecule has 0 atom stereocenters. The van der Waals surface area contributed by atoms with Crippen molar-refractivity contribution in [3.63, 3.8) is 0 Å². The Hall–Kier alpha value is -0.490. The van der Waals surface area contributed by atoms with Crippen LogP contribution in [-0.4, -0.2) is 58.1 Å². The first-order chi connectivity index (χ1) is 9.72. The second-order valence-corrected chi connectivity index (χ2v) is 5.18. The maximum Gasteiger partial charge on any atom is 0.132 e.